The summed E-state index contributed by atoms with van der Waals surface area (Å²) >= 11 is 1.35. The molecule has 0 saturated carbocycles. The van der Waals surface area contributed by atoms with Crippen molar-refractivity contribution in [2.24, 2.45) is 0 Å². The average molecular weight is 193 g/mol. The van der Waals surface area contributed by atoms with E-state index in [4.69, 9.17) is 4.74 Å². The summed E-state index contributed by atoms with van der Waals surface area (Å²) in [5.74, 6) is 0.741. The third-order valence-corrected chi connectivity index (χ3v) is 2.36. The maximum atomic E-state index is 5.12. The first-order valence-electron chi connectivity index (χ1n) is 3.67. The fourth-order valence-electron chi connectivity index (χ4n) is 0.965. The number of aromatic nitrogens is 3. The molecule has 0 spiro atoms. The van der Waals surface area contributed by atoms with Crippen molar-refractivity contribution in [3.63, 3.8) is 0 Å². The van der Waals surface area contributed by atoms with Crippen LogP contribution in [0, 0.1) is 0 Å². The molecule has 0 aliphatic carbocycles. The van der Waals surface area contributed by atoms with E-state index >= 15 is 0 Å². The van der Waals surface area contributed by atoms with Gasteiger partial charge in [-0.1, -0.05) is 0 Å². The molecule has 2 rings (SSSR count). The molecule has 0 unspecified atom stereocenters. The van der Waals surface area contributed by atoms with Gasteiger partial charge in [-0.05, 0) is 11.5 Å². The minimum Gasteiger partial charge on any atom is -0.493 e. The summed E-state index contributed by atoms with van der Waals surface area (Å²) in [7, 11) is 1.61. The number of methoxy groups -OCH3 is 1. The Labute approximate surface area is 79.4 Å². The third-order valence-electron chi connectivity index (χ3n) is 1.55. The zero-order valence-electron chi connectivity index (χ0n) is 6.97. The minimum atomic E-state index is 0.741. The Hall–Kier alpha value is -1.49. The van der Waals surface area contributed by atoms with Crippen molar-refractivity contribution >= 4 is 11.5 Å². The van der Waals surface area contributed by atoms with Crippen LogP contribution < -0.4 is 4.74 Å². The van der Waals surface area contributed by atoms with Gasteiger partial charge in [-0.3, -0.25) is 9.97 Å². The average Bonchev–Trinajstić information content (AvgIpc) is 2.67. The van der Waals surface area contributed by atoms with Crippen molar-refractivity contribution in [2.45, 2.75) is 0 Å². The molecule has 0 fully saturated rings. The molecule has 0 aromatic carbocycles. The highest BCUT2D eigenvalue weighted by molar-refractivity contribution is 7.09. The molecule has 66 valence electrons. The van der Waals surface area contributed by atoms with Crippen LogP contribution in [-0.4, -0.2) is 21.5 Å². The first-order chi connectivity index (χ1) is 6.42. The van der Waals surface area contributed by atoms with Crippen LogP contribution >= 0.6 is 11.5 Å². The van der Waals surface area contributed by atoms with Gasteiger partial charge in [0.25, 0.3) is 0 Å². The lowest BCUT2D eigenvalue weighted by molar-refractivity contribution is 0.417. The van der Waals surface area contributed by atoms with Crippen molar-refractivity contribution in [3.05, 3.63) is 24.8 Å². The molecule has 0 radical (unpaired) electrons. The highest BCUT2D eigenvalue weighted by Crippen LogP contribution is 2.30. The van der Waals surface area contributed by atoms with Gasteiger partial charge in [0.05, 0.1) is 19.5 Å². The summed E-state index contributed by atoms with van der Waals surface area (Å²) in [6.07, 6.45) is 6.65. The first kappa shape index (κ1) is 8.12. The second-order valence-corrected chi connectivity index (χ2v) is 3.12. The number of hydrogen-bond donors (Lipinski definition) is 0. The molecule has 0 amide bonds. The fraction of sp³-hybridized carbons (Fsp3) is 0.125. The first-order valence-corrected chi connectivity index (χ1v) is 4.44. The van der Waals surface area contributed by atoms with Gasteiger partial charge < -0.3 is 4.74 Å². The SMILES string of the molecule is COc1cnsc1-c1cnccn1. The third kappa shape index (κ3) is 1.50. The highest BCUT2D eigenvalue weighted by atomic mass is 32.1. The highest BCUT2D eigenvalue weighted by Gasteiger charge is 2.08. The molecule has 0 atom stereocenters. The Balaban J connectivity index is 2.47. The Kier molecular flexibility index (Phi) is 2.18. The van der Waals surface area contributed by atoms with E-state index in [2.05, 4.69) is 14.3 Å². The Morgan fingerprint density at radius 1 is 1.31 bits per heavy atom. The lowest BCUT2D eigenvalue weighted by atomic mass is 10.3. The summed E-state index contributed by atoms with van der Waals surface area (Å²) in [4.78, 5) is 9.05. The van der Waals surface area contributed by atoms with E-state index in [9.17, 15) is 0 Å². The molecule has 4 nitrogen and oxygen atoms in total. The molecule has 2 aromatic heterocycles. The second-order valence-electron chi connectivity index (χ2n) is 2.31. The Morgan fingerprint density at radius 2 is 2.23 bits per heavy atom. The normalized spacial score (nSPS) is 9.92. The molecule has 0 aliphatic heterocycles. The van der Waals surface area contributed by atoms with E-state index < -0.39 is 0 Å². The van der Waals surface area contributed by atoms with Crippen LogP contribution in [0.25, 0.3) is 10.6 Å². The molecular weight excluding hydrogens is 186 g/mol. The molecular formula is C8H7N3OS. The van der Waals surface area contributed by atoms with Crippen LogP contribution in [0.1, 0.15) is 0 Å². The fourth-order valence-corrected chi connectivity index (χ4v) is 1.64. The van der Waals surface area contributed by atoms with Gasteiger partial charge in [0.15, 0.2) is 5.75 Å². The van der Waals surface area contributed by atoms with Crippen molar-refractivity contribution in [2.75, 3.05) is 7.11 Å². The Bertz CT molecular complexity index is 387. The number of rotatable bonds is 2. The Morgan fingerprint density at radius 3 is 2.92 bits per heavy atom. The zero-order valence-corrected chi connectivity index (χ0v) is 7.78. The van der Waals surface area contributed by atoms with Crippen LogP contribution in [0.5, 0.6) is 5.75 Å². The molecule has 13 heavy (non-hydrogen) atoms. The van der Waals surface area contributed by atoms with Crippen molar-refractivity contribution in [3.8, 4) is 16.3 Å². The van der Waals surface area contributed by atoms with E-state index in [1.54, 1.807) is 31.9 Å². The monoisotopic (exact) mass is 193 g/mol. The van der Waals surface area contributed by atoms with Gasteiger partial charge in [-0.2, -0.15) is 4.37 Å². The van der Waals surface area contributed by atoms with Gasteiger partial charge in [-0.15, -0.1) is 0 Å². The topological polar surface area (TPSA) is 47.9 Å². The predicted octanol–water partition coefficient (Wildman–Crippen LogP) is 1.61. The van der Waals surface area contributed by atoms with Crippen molar-refractivity contribution in [1.29, 1.82) is 0 Å². The van der Waals surface area contributed by atoms with Crippen LogP contribution in [0.3, 0.4) is 0 Å². The zero-order chi connectivity index (χ0) is 9.10. The molecule has 0 bridgehead atoms. The quantitative estimate of drug-likeness (QED) is 0.727. The largest absolute Gasteiger partial charge is 0.493 e. The van der Waals surface area contributed by atoms with Gasteiger partial charge in [0.1, 0.15) is 10.6 Å². The molecule has 0 aliphatic rings. The molecule has 5 heteroatoms. The second kappa shape index (κ2) is 3.49. The number of hydrogen-bond acceptors (Lipinski definition) is 5. The van der Waals surface area contributed by atoms with Gasteiger partial charge in [0.2, 0.25) is 0 Å². The van der Waals surface area contributed by atoms with Crippen LogP contribution in [-0.2, 0) is 0 Å². The predicted molar refractivity (Wildman–Crippen MR) is 49.7 cm³/mol. The van der Waals surface area contributed by atoms with E-state index in [-0.39, 0.29) is 0 Å². The van der Waals surface area contributed by atoms with Gasteiger partial charge >= 0.3 is 0 Å². The molecule has 0 saturated heterocycles. The van der Waals surface area contributed by atoms with Gasteiger partial charge in [-0.25, -0.2) is 0 Å². The van der Waals surface area contributed by atoms with Gasteiger partial charge in [0, 0.05) is 12.4 Å². The van der Waals surface area contributed by atoms with E-state index in [0.717, 1.165) is 16.3 Å². The lowest BCUT2D eigenvalue weighted by Gasteiger charge is -1.98. The lowest BCUT2D eigenvalue weighted by Crippen LogP contribution is -1.85. The van der Waals surface area contributed by atoms with E-state index in [1.807, 2.05) is 0 Å². The summed E-state index contributed by atoms with van der Waals surface area (Å²) in [6.45, 7) is 0. The molecule has 0 N–H and O–H groups in total. The standard InChI is InChI=1S/C8H7N3OS/c1-12-7-5-11-13-8(7)6-4-9-2-3-10-6/h2-5H,1H3. The number of nitrogens with zero attached hydrogens (tertiary/aromatic N) is 3. The summed E-state index contributed by atoms with van der Waals surface area (Å²) < 4.78 is 9.14. The van der Waals surface area contributed by atoms with Crippen molar-refractivity contribution < 1.29 is 4.74 Å². The van der Waals surface area contributed by atoms with Crippen molar-refractivity contribution in [1.82, 2.24) is 14.3 Å². The minimum absolute atomic E-state index is 0.741. The number of ether oxygens (including phenoxy) is 1. The molecule has 2 aromatic rings. The smallest absolute Gasteiger partial charge is 0.159 e. The van der Waals surface area contributed by atoms with E-state index in [0.29, 0.717) is 0 Å². The summed E-state index contributed by atoms with van der Waals surface area (Å²) in [6, 6.07) is 0. The molecule has 2 heterocycles. The van der Waals surface area contributed by atoms with Crippen LogP contribution in [0.4, 0.5) is 0 Å². The maximum absolute atomic E-state index is 5.12. The summed E-state index contributed by atoms with van der Waals surface area (Å²) in [5.41, 5.74) is 0.793. The van der Waals surface area contributed by atoms with Crippen LogP contribution in [0.15, 0.2) is 24.8 Å². The maximum Gasteiger partial charge on any atom is 0.159 e. The summed E-state index contributed by atoms with van der Waals surface area (Å²) in [5, 5.41) is 0. The van der Waals surface area contributed by atoms with Crippen LogP contribution in [0.2, 0.25) is 0 Å². The van der Waals surface area contributed by atoms with E-state index in [1.165, 1.54) is 11.5 Å².